The Labute approximate surface area is 171 Å². The predicted octanol–water partition coefficient (Wildman–Crippen LogP) is -0.258. The summed E-state index contributed by atoms with van der Waals surface area (Å²) in [6, 6.07) is 6.66. The summed E-state index contributed by atoms with van der Waals surface area (Å²) in [5.74, 6) is -0.856. The SMILES string of the molecule is NC=NCCCC(NC(=O)CN1C(=O)C(N)N=Cc2ccccc21)C(O)I. The Kier molecular flexibility index (Phi) is 8.13. The maximum atomic E-state index is 12.5. The molecule has 2 rings (SSSR count). The van der Waals surface area contributed by atoms with Crippen molar-refractivity contribution in [3.8, 4) is 0 Å². The van der Waals surface area contributed by atoms with Crippen molar-refractivity contribution in [3.63, 3.8) is 0 Å². The average Bonchev–Trinajstić information content (AvgIpc) is 2.76. The molecule has 0 saturated carbocycles. The zero-order chi connectivity index (χ0) is 19.8. The maximum Gasteiger partial charge on any atom is 0.266 e. The monoisotopic (exact) mass is 486 g/mol. The van der Waals surface area contributed by atoms with Gasteiger partial charge in [0, 0.05) is 18.3 Å². The van der Waals surface area contributed by atoms with Crippen molar-refractivity contribution >= 4 is 52.6 Å². The van der Waals surface area contributed by atoms with Crippen LogP contribution < -0.4 is 21.7 Å². The fraction of sp³-hybridized carbons (Fsp3) is 0.412. The van der Waals surface area contributed by atoms with E-state index in [4.69, 9.17) is 11.5 Å². The number of aliphatic hydroxyl groups is 1. The van der Waals surface area contributed by atoms with Gasteiger partial charge in [-0.25, -0.2) is 0 Å². The van der Waals surface area contributed by atoms with Gasteiger partial charge in [0.05, 0.1) is 18.1 Å². The quantitative estimate of drug-likeness (QED) is 0.132. The number of carbonyl (C=O) groups excluding carboxylic acids is 2. The molecular formula is C17H23IN6O3. The van der Waals surface area contributed by atoms with Crippen molar-refractivity contribution in [3.05, 3.63) is 29.8 Å². The van der Waals surface area contributed by atoms with Gasteiger partial charge in [0.15, 0.2) is 6.17 Å². The number of rotatable bonds is 8. The summed E-state index contributed by atoms with van der Waals surface area (Å²) in [6.45, 7) is 0.296. The highest BCUT2D eigenvalue weighted by Gasteiger charge is 2.29. The first-order chi connectivity index (χ1) is 12.9. The van der Waals surface area contributed by atoms with E-state index in [0.29, 0.717) is 30.6 Å². The molecule has 0 bridgehead atoms. The smallest absolute Gasteiger partial charge is 0.266 e. The Bertz CT molecular complexity index is 724. The Hall–Kier alpha value is -2.05. The first-order valence-electron chi connectivity index (χ1n) is 8.44. The van der Waals surface area contributed by atoms with Crippen LogP contribution in [0.4, 0.5) is 5.69 Å². The van der Waals surface area contributed by atoms with Crippen molar-refractivity contribution in [2.75, 3.05) is 18.0 Å². The number of aliphatic imine (C=N–C) groups is 2. The molecule has 1 heterocycles. The zero-order valence-corrected chi connectivity index (χ0v) is 16.8. The lowest BCUT2D eigenvalue weighted by molar-refractivity contribution is -0.125. The van der Waals surface area contributed by atoms with Gasteiger partial charge in [-0.2, -0.15) is 0 Å². The molecule has 0 aromatic heterocycles. The number of hydrogen-bond acceptors (Lipinski definition) is 6. The molecule has 9 nitrogen and oxygen atoms in total. The topological polar surface area (TPSA) is 146 Å². The summed E-state index contributed by atoms with van der Waals surface area (Å²) in [4.78, 5) is 34.3. The molecule has 0 spiro atoms. The number of nitrogens with zero attached hydrogens (tertiary/aromatic N) is 3. The van der Waals surface area contributed by atoms with Crippen LogP contribution in [0.1, 0.15) is 18.4 Å². The number of benzodiazepines with no additional fused rings is 1. The van der Waals surface area contributed by atoms with Gasteiger partial charge in [-0.05, 0) is 41.5 Å². The lowest BCUT2D eigenvalue weighted by atomic mass is 10.1. The number of amides is 2. The third kappa shape index (κ3) is 5.97. The molecule has 1 aromatic carbocycles. The van der Waals surface area contributed by atoms with Crippen LogP contribution in [0, 0.1) is 0 Å². The summed E-state index contributed by atoms with van der Waals surface area (Å²) in [5, 5.41) is 12.7. The summed E-state index contributed by atoms with van der Waals surface area (Å²) in [7, 11) is 0. The minimum absolute atomic E-state index is 0.215. The zero-order valence-electron chi connectivity index (χ0n) is 14.7. The van der Waals surface area contributed by atoms with Gasteiger partial charge in [0.25, 0.3) is 5.91 Å². The van der Waals surface area contributed by atoms with E-state index in [9.17, 15) is 14.7 Å². The second-order valence-electron chi connectivity index (χ2n) is 5.95. The molecule has 0 fully saturated rings. The number of halogens is 1. The standard InChI is InChI=1S/C17H23IN6O3/c18-15(26)12(5-3-7-21-10-19)23-14(25)9-24-13-6-2-1-4-11(13)8-22-16(20)17(24)27/h1-2,4,6,8,10,12,15-16,26H,3,5,7,9,20H2,(H2,19,21)(H,23,25). The van der Waals surface area contributed by atoms with Gasteiger partial charge >= 0.3 is 0 Å². The van der Waals surface area contributed by atoms with Crippen LogP contribution in [0.3, 0.4) is 0 Å². The first kappa shape index (κ1) is 21.3. The molecule has 1 aliphatic rings. The van der Waals surface area contributed by atoms with E-state index in [1.807, 2.05) is 28.7 Å². The molecule has 6 N–H and O–H groups in total. The van der Waals surface area contributed by atoms with Crippen molar-refractivity contribution in [1.82, 2.24) is 5.32 Å². The fourth-order valence-corrected chi connectivity index (χ4v) is 3.20. The lowest BCUT2D eigenvalue weighted by Gasteiger charge is -2.26. The molecule has 10 heteroatoms. The van der Waals surface area contributed by atoms with Gasteiger partial charge < -0.3 is 21.9 Å². The van der Waals surface area contributed by atoms with Crippen LogP contribution in [0.15, 0.2) is 34.3 Å². The summed E-state index contributed by atoms with van der Waals surface area (Å²) < 4.78 is -0.772. The Morgan fingerprint density at radius 3 is 2.93 bits per heavy atom. The number of anilines is 1. The van der Waals surface area contributed by atoms with Gasteiger partial charge in [-0.1, -0.05) is 18.2 Å². The number of nitrogens with one attached hydrogen (secondary N) is 1. The molecule has 0 aliphatic carbocycles. The van der Waals surface area contributed by atoms with Crippen LogP contribution in [0.2, 0.25) is 0 Å². The largest absolute Gasteiger partial charge is 0.390 e. The predicted molar refractivity (Wildman–Crippen MR) is 113 cm³/mol. The normalized spacial score (nSPS) is 18.9. The highest BCUT2D eigenvalue weighted by molar-refractivity contribution is 14.1. The van der Waals surface area contributed by atoms with Crippen LogP contribution >= 0.6 is 22.6 Å². The average molecular weight is 486 g/mol. The van der Waals surface area contributed by atoms with E-state index in [0.717, 1.165) is 0 Å². The van der Waals surface area contributed by atoms with Crippen LogP contribution in [0.25, 0.3) is 0 Å². The molecule has 0 radical (unpaired) electrons. The minimum Gasteiger partial charge on any atom is -0.390 e. The molecule has 1 aliphatic heterocycles. The third-order valence-corrected chi connectivity index (χ3v) is 4.88. The fourth-order valence-electron chi connectivity index (χ4n) is 2.66. The Morgan fingerprint density at radius 1 is 1.48 bits per heavy atom. The van der Waals surface area contributed by atoms with Crippen LogP contribution in [-0.4, -0.2) is 58.9 Å². The van der Waals surface area contributed by atoms with Gasteiger partial charge in [-0.15, -0.1) is 0 Å². The number of alkyl halides is 1. The highest BCUT2D eigenvalue weighted by Crippen LogP contribution is 2.22. The molecular weight excluding hydrogens is 463 g/mol. The van der Waals surface area contributed by atoms with E-state index in [1.54, 1.807) is 18.2 Å². The number of carbonyl (C=O) groups is 2. The number of aliphatic hydroxyl groups excluding tert-OH is 1. The summed E-state index contributed by atoms with van der Waals surface area (Å²) >= 11 is 1.84. The summed E-state index contributed by atoms with van der Waals surface area (Å²) in [6.07, 6.45) is 2.88. The number of hydrogen-bond donors (Lipinski definition) is 4. The molecule has 146 valence electrons. The number of fused-ring (bicyclic) bond motifs is 1. The van der Waals surface area contributed by atoms with Gasteiger partial charge in [0.2, 0.25) is 5.91 Å². The van der Waals surface area contributed by atoms with E-state index in [1.165, 1.54) is 17.5 Å². The molecule has 27 heavy (non-hydrogen) atoms. The molecule has 2 amide bonds. The third-order valence-electron chi connectivity index (χ3n) is 4.01. The van der Waals surface area contributed by atoms with Crippen molar-refractivity contribution in [2.45, 2.75) is 29.2 Å². The molecule has 1 aromatic rings. The lowest BCUT2D eigenvalue weighted by Crippen LogP contribution is -2.50. The van der Waals surface area contributed by atoms with Crippen LogP contribution in [0.5, 0.6) is 0 Å². The maximum absolute atomic E-state index is 12.5. The first-order valence-corrected chi connectivity index (χ1v) is 9.69. The van der Waals surface area contributed by atoms with E-state index in [-0.39, 0.29) is 6.54 Å². The summed E-state index contributed by atoms with van der Waals surface area (Å²) in [5.41, 5.74) is 12.3. The van der Waals surface area contributed by atoms with E-state index >= 15 is 0 Å². The highest BCUT2D eigenvalue weighted by atomic mass is 127. The van der Waals surface area contributed by atoms with Crippen molar-refractivity contribution in [2.24, 2.45) is 21.5 Å². The number of para-hydroxylation sites is 1. The number of benzene rings is 1. The molecule has 0 saturated heterocycles. The van der Waals surface area contributed by atoms with Crippen molar-refractivity contribution in [1.29, 1.82) is 0 Å². The second-order valence-corrected chi connectivity index (χ2v) is 7.23. The Morgan fingerprint density at radius 2 is 2.22 bits per heavy atom. The van der Waals surface area contributed by atoms with Crippen molar-refractivity contribution < 1.29 is 14.7 Å². The number of nitrogens with two attached hydrogens (primary N) is 2. The minimum atomic E-state index is -1.06. The van der Waals surface area contributed by atoms with E-state index in [2.05, 4.69) is 15.3 Å². The Balaban J connectivity index is 2.07. The molecule has 3 atom stereocenters. The van der Waals surface area contributed by atoms with E-state index < -0.39 is 28.1 Å². The van der Waals surface area contributed by atoms with Crippen LogP contribution in [-0.2, 0) is 9.59 Å². The molecule has 3 unspecified atom stereocenters. The van der Waals surface area contributed by atoms with Gasteiger partial charge in [0.1, 0.15) is 10.7 Å². The van der Waals surface area contributed by atoms with Gasteiger partial charge in [-0.3, -0.25) is 24.5 Å². The second kappa shape index (κ2) is 10.3.